The highest BCUT2D eigenvalue weighted by molar-refractivity contribution is 5.64. The van der Waals surface area contributed by atoms with Crippen LogP contribution in [0.5, 0.6) is 5.75 Å². The molecular formula is C17H21NO. The Balaban J connectivity index is 2.29. The van der Waals surface area contributed by atoms with E-state index in [0.717, 1.165) is 18.7 Å². The van der Waals surface area contributed by atoms with Crippen molar-refractivity contribution < 1.29 is 5.11 Å². The van der Waals surface area contributed by atoms with Crippen LogP contribution in [0.1, 0.15) is 25.3 Å². The Labute approximate surface area is 115 Å². The number of phenolic OH excluding ortho intramolecular Hbond substituents is 1. The quantitative estimate of drug-likeness (QED) is 0.841. The van der Waals surface area contributed by atoms with Crippen LogP contribution in [-0.4, -0.2) is 11.7 Å². The van der Waals surface area contributed by atoms with E-state index in [0.29, 0.717) is 5.75 Å². The number of aryl methyl sites for hydroxylation is 1. The summed E-state index contributed by atoms with van der Waals surface area (Å²) < 4.78 is 0. The first kappa shape index (κ1) is 13.5. The Bertz CT molecular complexity index is 456. The lowest BCUT2D eigenvalue weighted by molar-refractivity contribution is 0.475. The van der Waals surface area contributed by atoms with Gasteiger partial charge in [0.2, 0.25) is 0 Å². The summed E-state index contributed by atoms with van der Waals surface area (Å²) in [4.78, 5) is 2.29. The maximum Gasteiger partial charge on any atom is 0.115 e. The number of anilines is 2. The van der Waals surface area contributed by atoms with Crippen molar-refractivity contribution in [1.29, 1.82) is 0 Å². The van der Waals surface area contributed by atoms with Gasteiger partial charge in [0.05, 0.1) is 0 Å². The number of unbranched alkanes of at least 4 members (excludes halogenated alkanes) is 1. The third-order valence-electron chi connectivity index (χ3n) is 3.24. The number of phenols is 1. The molecule has 0 fully saturated rings. The molecule has 2 aromatic rings. The monoisotopic (exact) mass is 255 g/mol. The zero-order valence-corrected chi connectivity index (χ0v) is 11.6. The van der Waals surface area contributed by atoms with Crippen LogP contribution < -0.4 is 4.90 Å². The third kappa shape index (κ3) is 3.50. The lowest BCUT2D eigenvalue weighted by atomic mass is 10.1. The Morgan fingerprint density at radius 1 is 0.895 bits per heavy atom. The number of hydrogen-bond donors (Lipinski definition) is 1. The largest absolute Gasteiger partial charge is 0.508 e. The van der Waals surface area contributed by atoms with Crippen LogP contribution in [0, 0.1) is 6.92 Å². The molecular weight excluding hydrogens is 234 g/mol. The Hall–Kier alpha value is -1.96. The fourth-order valence-electron chi connectivity index (χ4n) is 2.08. The topological polar surface area (TPSA) is 23.5 Å². The molecule has 2 heteroatoms. The Morgan fingerprint density at radius 3 is 1.95 bits per heavy atom. The molecule has 0 aliphatic rings. The van der Waals surface area contributed by atoms with Gasteiger partial charge in [0.15, 0.2) is 0 Å². The van der Waals surface area contributed by atoms with Gasteiger partial charge in [-0.3, -0.25) is 0 Å². The fourth-order valence-corrected chi connectivity index (χ4v) is 2.08. The number of rotatable bonds is 5. The van der Waals surface area contributed by atoms with Gasteiger partial charge in [-0.2, -0.15) is 0 Å². The highest BCUT2D eigenvalue weighted by atomic mass is 16.3. The van der Waals surface area contributed by atoms with E-state index in [1.165, 1.54) is 17.7 Å². The second kappa shape index (κ2) is 6.28. The van der Waals surface area contributed by atoms with Crippen molar-refractivity contribution in [3.05, 3.63) is 54.1 Å². The minimum absolute atomic E-state index is 0.308. The van der Waals surface area contributed by atoms with Gasteiger partial charge in [-0.1, -0.05) is 31.0 Å². The minimum Gasteiger partial charge on any atom is -0.508 e. The van der Waals surface area contributed by atoms with E-state index in [2.05, 4.69) is 43.0 Å². The van der Waals surface area contributed by atoms with E-state index in [-0.39, 0.29) is 0 Å². The average Bonchev–Trinajstić information content (AvgIpc) is 2.43. The molecule has 2 nitrogen and oxygen atoms in total. The second-order valence-corrected chi connectivity index (χ2v) is 4.86. The highest BCUT2D eigenvalue weighted by Crippen LogP contribution is 2.27. The predicted octanol–water partition coefficient (Wildman–Crippen LogP) is 4.64. The van der Waals surface area contributed by atoms with Crippen LogP contribution in [0.25, 0.3) is 0 Å². The molecule has 1 N–H and O–H groups in total. The van der Waals surface area contributed by atoms with Crippen LogP contribution in [0.3, 0.4) is 0 Å². The SMILES string of the molecule is CCCCN(c1ccc(C)cc1)c1ccc(O)cc1. The van der Waals surface area contributed by atoms with Gasteiger partial charge >= 0.3 is 0 Å². The van der Waals surface area contributed by atoms with Gasteiger partial charge in [-0.05, 0) is 49.7 Å². The lowest BCUT2D eigenvalue weighted by Gasteiger charge is -2.25. The third-order valence-corrected chi connectivity index (χ3v) is 3.24. The fraction of sp³-hybridized carbons (Fsp3) is 0.294. The van der Waals surface area contributed by atoms with Crippen molar-refractivity contribution in [3.63, 3.8) is 0 Å². The van der Waals surface area contributed by atoms with Gasteiger partial charge < -0.3 is 10.0 Å². The minimum atomic E-state index is 0.308. The molecule has 0 aromatic heterocycles. The number of nitrogens with zero attached hydrogens (tertiary/aromatic N) is 1. The summed E-state index contributed by atoms with van der Waals surface area (Å²) in [6, 6.07) is 16.0. The summed E-state index contributed by atoms with van der Waals surface area (Å²) in [5, 5.41) is 9.40. The van der Waals surface area contributed by atoms with Crippen molar-refractivity contribution >= 4 is 11.4 Å². The number of hydrogen-bond acceptors (Lipinski definition) is 2. The zero-order valence-electron chi connectivity index (χ0n) is 11.6. The van der Waals surface area contributed by atoms with Gasteiger partial charge in [0.1, 0.15) is 5.75 Å². The molecule has 0 aliphatic carbocycles. The first-order valence-corrected chi connectivity index (χ1v) is 6.84. The molecule has 2 rings (SSSR count). The smallest absolute Gasteiger partial charge is 0.115 e. The van der Waals surface area contributed by atoms with Crippen molar-refractivity contribution in [2.75, 3.05) is 11.4 Å². The van der Waals surface area contributed by atoms with Crippen LogP contribution in [0.2, 0.25) is 0 Å². The van der Waals surface area contributed by atoms with Crippen LogP contribution in [0.15, 0.2) is 48.5 Å². The Kier molecular flexibility index (Phi) is 4.45. The lowest BCUT2D eigenvalue weighted by Crippen LogP contribution is -2.18. The van der Waals surface area contributed by atoms with E-state index in [1.807, 2.05) is 12.1 Å². The summed E-state index contributed by atoms with van der Waals surface area (Å²) in [5.74, 6) is 0.308. The average molecular weight is 255 g/mol. The Morgan fingerprint density at radius 2 is 1.42 bits per heavy atom. The normalized spacial score (nSPS) is 10.4. The summed E-state index contributed by atoms with van der Waals surface area (Å²) in [6.07, 6.45) is 2.31. The summed E-state index contributed by atoms with van der Waals surface area (Å²) in [5.41, 5.74) is 3.59. The van der Waals surface area contributed by atoms with Crippen molar-refractivity contribution in [1.82, 2.24) is 0 Å². The molecule has 0 radical (unpaired) electrons. The maximum absolute atomic E-state index is 9.40. The molecule has 2 aromatic carbocycles. The summed E-state index contributed by atoms with van der Waals surface area (Å²) in [6.45, 7) is 5.29. The van der Waals surface area contributed by atoms with Crippen LogP contribution >= 0.6 is 0 Å². The first-order valence-electron chi connectivity index (χ1n) is 6.84. The highest BCUT2D eigenvalue weighted by Gasteiger charge is 2.08. The molecule has 0 aliphatic heterocycles. The van der Waals surface area contributed by atoms with Crippen LogP contribution in [0.4, 0.5) is 11.4 Å². The molecule has 0 atom stereocenters. The van der Waals surface area contributed by atoms with Gasteiger partial charge in [0, 0.05) is 17.9 Å². The van der Waals surface area contributed by atoms with E-state index >= 15 is 0 Å². The summed E-state index contributed by atoms with van der Waals surface area (Å²) in [7, 11) is 0. The molecule has 0 saturated carbocycles. The van der Waals surface area contributed by atoms with Gasteiger partial charge in [-0.25, -0.2) is 0 Å². The van der Waals surface area contributed by atoms with E-state index < -0.39 is 0 Å². The molecule has 0 amide bonds. The standard InChI is InChI=1S/C17H21NO/c1-3-4-13-18(15-7-5-14(2)6-8-15)16-9-11-17(19)12-10-16/h5-12,19H,3-4,13H2,1-2H3. The number of benzene rings is 2. The zero-order chi connectivity index (χ0) is 13.7. The van der Waals surface area contributed by atoms with Crippen molar-refractivity contribution in [2.45, 2.75) is 26.7 Å². The van der Waals surface area contributed by atoms with E-state index in [1.54, 1.807) is 12.1 Å². The van der Waals surface area contributed by atoms with E-state index in [9.17, 15) is 5.11 Å². The van der Waals surface area contributed by atoms with Gasteiger partial charge in [0.25, 0.3) is 0 Å². The first-order chi connectivity index (χ1) is 9.20. The molecule has 100 valence electrons. The molecule has 0 heterocycles. The van der Waals surface area contributed by atoms with Gasteiger partial charge in [-0.15, -0.1) is 0 Å². The molecule has 19 heavy (non-hydrogen) atoms. The molecule has 0 bridgehead atoms. The second-order valence-electron chi connectivity index (χ2n) is 4.86. The van der Waals surface area contributed by atoms with E-state index in [4.69, 9.17) is 0 Å². The number of aromatic hydroxyl groups is 1. The maximum atomic E-state index is 9.40. The molecule has 0 unspecified atom stereocenters. The van der Waals surface area contributed by atoms with Crippen molar-refractivity contribution in [2.24, 2.45) is 0 Å². The molecule has 0 saturated heterocycles. The van der Waals surface area contributed by atoms with Crippen LogP contribution in [-0.2, 0) is 0 Å². The predicted molar refractivity (Wildman–Crippen MR) is 81.2 cm³/mol. The van der Waals surface area contributed by atoms with Crippen molar-refractivity contribution in [3.8, 4) is 5.75 Å². The molecule has 0 spiro atoms. The summed E-state index contributed by atoms with van der Waals surface area (Å²) >= 11 is 0.